The molecule has 98 valence electrons. The van der Waals surface area contributed by atoms with Gasteiger partial charge in [-0.05, 0) is 19.1 Å². The Morgan fingerprint density at radius 1 is 1.33 bits per heavy atom. The van der Waals surface area contributed by atoms with Crippen LogP contribution in [0, 0.1) is 6.92 Å². The zero-order chi connectivity index (χ0) is 12.4. The Bertz CT molecular complexity index is 540. The summed E-state index contributed by atoms with van der Waals surface area (Å²) in [6.45, 7) is 2.43. The van der Waals surface area contributed by atoms with Crippen LogP contribution in [0.2, 0.25) is 0 Å². The molecular formula is C12H16ClN3O2. The number of nitrogens with one attached hydrogen (secondary N) is 1. The number of aromatic nitrogens is 2. The van der Waals surface area contributed by atoms with Crippen LogP contribution >= 0.6 is 12.4 Å². The Morgan fingerprint density at radius 3 is 2.61 bits per heavy atom. The normalized spacial score (nSPS) is 9.89. The second-order valence-electron chi connectivity index (χ2n) is 4.00. The number of rotatable bonds is 3. The average molecular weight is 270 g/mol. The first-order valence-corrected chi connectivity index (χ1v) is 5.31. The van der Waals surface area contributed by atoms with E-state index in [4.69, 9.17) is 0 Å². The Labute approximate surface area is 111 Å². The molecule has 0 unspecified atom stereocenters. The molecule has 0 atom stereocenters. The zero-order valence-corrected chi connectivity index (χ0v) is 11.0. The topological polar surface area (TPSA) is 70.3 Å². The fourth-order valence-corrected chi connectivity index (χ4v) is 1.66. The van der Waals surface area contributed by atoms with Gasteiger partial charge < -0.3 is 15.5 Å². The quantitative estimate of drug-likeness (QED) is 0.799. The lowest BCUT2D eigenvalue weighted by Gasteiger charge is -2.06. The van der Waals surface area contributed by atoms with Crippen molar-refractivity contribution in [1.82, 2.24) is 9.78 Å². The lowest BCUT2D eigenvalue weighted by Crippen LogP contribution is -2.02. The summed E-state index contributed by atoms with van der Waals surface area (Å²) in [7, 11) is 1.86. The van der Waals surface area contributed by atoms with E-state index >= 15 is 0 Å². The standard InChI is InChI=1S/C12H15N3O2.ClH/c1-8-7-15(2)14-12(8)13-6-9-3-4-10(16)5-11(9)17;/h3-5,7,16-17H,6H2,1-2H3,(H,13,14);1H. The molecule has 6 heteroatoms. The van der Waals surface area contributed by atoms with Crippen molar-refractivity contribution in [3.63, 3.8) is 0 Å². The summed E-state index contributed by atoms with van der Waals surface area (Å²) in [5, 5.41) is 26.2. The third-order valence-electron chi connectivity index (χ3n) is 2.53. The van der Waals surface area contributed by atoms with Crippen LogP contribution < -0.4 is 5.32 Å². The van der Waals surface area contributed by atoms with E-state index in [9.17, 15) is 10.2 Å². The lowest BCUT2D eigenvalue weighted by atomic mass is 10.2. The first-order chi connectivity index (χ1) is 8.06. The molecule has 1 aromatic heterocycles. The molecule has 0 bridgehead atoms. The monoisotopic (exact) mass is 269 g/mol. The molecule has 2 aromatic rings. The van der Waals surface area contributed by atoms with Crippen LogP contribution in [0.25, 0.3) is 0 Å². The van der Waals surface area contributed by atoms with Gasteiger partial charge in [-0.3, -0.25) is 4.68 Å². The molecule has 0 aliphatic heterocycles. The second kappa shape index (κ2) is 5.64. The molecule has 0 saturated heterocycles. The van der Waals surface area contributed by atoms with Gasteiger partial charge in [0.15, 0.2) is 5.82 Å². The molecule has 1 heterocycles. The number of nitrogens with zero attached hydrogens (tertiary/aromatic N) is 2. The van der Waals surface area contributed by atoms with E-state index in [0.717, 1.165) is 11.4 Å². The van der Waals surface area contributed by atoms with Gasteiger partial charge in [-0.15, -0.1) is 12.4 Å². The summed E-state index contributed by atoms with van der Waals surface area (Å²) in [4.78, 5) is 0. The Hall–Kier alpha value is -1.88. The summed E-state index contributed by atoms with van der Waals surface area (Å²) in [6.07, 6.45) is 1.92. The van der Waals surface area contributed by atoms with Gasteiger partial charge in [0.05, 0.1) is 0 Å². The Kier molecular flexibility index (Phi) is 4.44. The number of phenolic OH excluding ortho intramolecular Hbond substituents is 2. The average Bonchev–Trinajstić information content (AvgIpc) is 2.56. The van der Waals surface area contributed by atoms with E-state index in [1.807, 2.05) is 20.2 Å². The van der Waals surface area contributed by atoms with Crippen molar-refractivity contribution in [2.24, 2.45) is 7.05 Å². The molecule has 3 N–H and O–H groups in total. The van der Waals surface area contributed by atoms with E-state index in [1.54, 1.807) is 16.8 Å². The first kappa shape index (κ1) is 14.2. The number of anilines is 1. The number of aryl methyl sites for hydroxylation is 2. The van der Waals surface area contributed by atoms with E-state index in [-0.39, 0.29) is 23.9 Å². The van der Waals surface area contributed by atoms with Crippen LogP contribution in [0.5, 0.6) is 11.5 Å². The van der Waals surface area contributed by atoms with Crippen molar-refractivity contribution in [3.8, 4) is 11.5 Å². The number of halogens is 1. The maximum atomic E-state index is 9.62. The van der Waals surface area contributed by atoms with Gasteiger partial charge in [-0.25, -0.2) is 0 Å². The predicted molar refractivity (Wildman–Crippen MR) is 72.3 cm³/mol. The van der Waals surface area contributed by atoms with Gasteiger partial charge in [-0.2, -0.15) is 5.10 Å². The minimum Gasteiger partial charge on any atom is -0.508 e. The highest BCUT2D eigenvalue weighted by atomic mass is 35.5. The van der Waals surface area contributed by atoms with Crippen LogP contribution in [-0.4, -0.2) is 20.0 Å². The number of phenols is 2. The van der Waals surface area contributed by atoms with Crippen LogP contribution in [0.1, 0.15) is 11.1 Å². The summed E-state index contributed by atoms with van der Waals surface area (Å²) in [5.41, 5.74) is 1.76. The van der Waals surface area contributed by atoms with Gasteiger partial charge in [0.25, 0.3) is 0 Å². The first-order valence-electron chi connectivity index (χ1n) is 5.31. The number of hydrogen-bond donors (Lipinski definition) is 3. The van der Waals surface area contributed by atoms with Crippen LogP contribution in [0.4, 0.5) is 5.82 Å². The van der Waals surface area contributed by atoms with Crippen molar-refractivity contribution in [3.05, 3.63) is 35.5 Å². The molecular weight excluding hydrogens is 254 g/mol. The molecule has 1 aromatic carbocycles. The van der Waals surface area contributed by atoms with E-state index in [2.05, 4.69) is 10.4 Å². The van der Waals surface area contributed by atoms with Crippen molar-refractivity contribution in [1.29, 1.82) is 0 Å². The Morgan fingerprint density at radius 2 is 2.06 bits per heavy atom. The molecule has 0 spiro atoms. The minimum atomic E-state index is 0. The highest BCUT2D eigenvalue weighted by molar-refractivity contribution is 5.85. The van der Waals surface area contributed by atoms with Crippen molar-refractivity contribution in [2.45, 2.75) is 13.5 Å². The van der Waals surface area contributed by atoms with Gasteiger partial charge in [-0.1, -0.05) is 0 Å². The lowest BCUT2D eigenvalue weighted by molar-refractivity contribution is 0.446. The molecule has 0 fully saturated rings. The highest BCUT2D eigenvalue weighted by Crippen LogP contribution is 2.23. The second-order valence-corrected chi connectivity index (χ2v) is 4.00. The van der Waals surface area contributed by atoms with Crippen molar-refractivity contribution < 1.29 is 10.2 Å². The molecule has 18 heavy (non-hydrogen) atoms. The minimum absolute atomic E-state index is 0. The van der Waals surface area contributed by atoms with Crippen LogP contribution in [0.3, 0.4) is 0 Å². The molecule has 0 saturated carbocycles. The highest BCUT2D eigenvalue weighted by Gasteiger charge is 2.05. The SMILES string of the molecule is Cc1cn(C)nc1NCc1ccc(O)cc1O.Cl. The maximum Gasteiger partial charge on any atom is 0.151 e. The molecule has 0 aliphatic rings. The maximum absolute atomic E-state index is 9.62. The van der Waals surface area contributed by atoms with Crippen molar-refractivity contribution >= 4 is 18.2 Å². The van der Waals surface area contributed by atoms with Gasteiger partial charge >= 0.3 is 0 Å². The molecule has 0 amide bonds. The van der Waals surface area contributed by atoms with E-state index in [0.29, 0.717) is 12.1 Å². The molecule has 0 radical (unpaired) electrons. The fourth-order valence-electron chi connectivity index (χ4n) is 1.66. The van der Waals surface area contributed by atoms with Crippen LogP contribution in [0.15, 0.2) is 24.4 Å². The van der Waals surface area contributed by atoms with E-state index < -0.39 is 0 Å². The fraction of sp³-hybridized carbons (Fsp3) is 0.250. The van der Waals surface area contributed by atoms with Gasteiger partial charge in [0.1, 0.15) is 11.5 Å². The predicted octanol–water partition coefficient (Wildman–Crippen LogP) is 2.17. The summed E-state index contributed by atoms with van der Waals surface area (Å²) in [6, 6.07) is 4.54. The molecule has 0 aliphatic carbocycles. The van der Waals surface area contributed by atoms with Crippen molar-refractivity contribution in [2.75, 3.05) is 5.32 Å². The summed E-state index contributed by atoms with van der Waals surface area (Å²) in [5.74, 6) is 0.923. The summed E-state index contributed by atoms with van der Waals surface area (Å²) < 4.78 is 1.73. The molecule has 2 rings (SSSR count). The Balaban J connectivity index is 0.00000162. The van der Waals surface area contributed by atoms with Crippen LogP contribution in [-0.2, 0) is 13.6 Å². The number of benzene rings is 1. The van der Waals surface area contributed by atoms with Gasteiger partial charge in [0, 0.05) is 37.0 Å². The summed E-state index contributed by atoms with van der Waals surface area (Å²) >= 11 is 0. The van der Waals surface area contributed by atoms with Gasteiger partial charge in [0.2, 0.25) is 0 Å². The largest absolute Gasteiger partial charge is 0.508 e. The zero-order valence-electron chi connectivity index (χ0n) is 10.2. The third kappa shape index (κ3) is 3.07. The van der Waals surface area contributed by atoms with E-state index in [1.165, 1.54) is 6.07 Å². The third-order valence-corrected chi connectivity index (χ3v) is 2.53. The molecule has 5 nitrogen and oxygen atoms in total. The number of hydrogen-bond acceptors (Lipinski definition) is 4. The smallest absolute Gasteiger partial charge is 0.151 e. The number of aromatic hydroxyl groups is 2.